The lowest BCUT2D eigenvalue weighted by atomic mass is 9.95. The van der Waals surface area contributed by atoms with Crippen molar-refractivity contribution in [2.24, 2.45) is 0 Å². The van der Waals surface area contributed by atoms with E-state index in [1.807, 2.05) is 20.8 Å². The van der Waals surface area contributed by atoms with Crippen LogP contribution < -0.4 is 10.9 Å². The molecule has 2 rings (SSSR count). The van der Waals surface area contributed by atoms with Crippen molar-refractivity contribution >= 4 is 11.8 Å². The lowest BCUT2D eigenvalue weighted by molar-refractivity contribution is -0.121. The molecule has 0 atom stereocenters. The number of aromatic nitrogens is 2. The maximum Gasteiger partial charge on any atom is 0.264 e. The highest BCUT2D eigenvalue weighted by molar-refractivity contribution is 5.97. The summed E-state index contributed by atoms with van der Waals surface area (Å²) in [6, 6.07) is 5.77. The van der Waals surface area contributed by atoms with Gasteiger partial charge in [-0.3, -0.25) is 14.4 Å². The third kappa shape index (κ3) is 5.73. The first kappa shape index (κ1) is 22.3. The second kappa shape index (κ2) is 8.98. The number of hydrogen-bond acceptors (Lipinski definition) is 4. The number of halogens is 1. The quantitative estimate of drug-likeness (QED) is 0.775. The van der Waals surface area contributed by atoms with E-state index in [1.165, 1.54) is 17.0 Å². The van der Waals surface area contributed by atoms with Crippen molar-refractivity contribution in [2.45, 2.75) is 46.6 Å². The number of H-pyrrole nitrogens is 1. The smallest absolute Gasteiger partial charge is 0.264 e. The van der Waals surface area contributed by atoms with Crippen molar-refractivity contribution in [1.82, 2.24) is 20.2 Å². The number of likely N-dealkylation sites (N-methyl/N-ethyl adjacent to an activating group) is 1. The van der Waals surface area contributed by atoms with Crippen LogP contribution in [-0.4, -0.2) is 39.8 Å². The molecule has 7 nitrogen and oxygen atoms in total. The Bertz CT molecular complexity index is 946. The maximum absolute atomic E-state index is 12.9. The van der Waals surface area contributed by atoms with E-state index >= 15 is 0 Å². The number of hydrogen-bond donors (Lipinski definition) is 2. The minimum Gasteiger partial charge on any atom is -0.350 e. The van der Waals surface area contributed by atoms with Gasteiger partial charge >= 0.3 is 0 Å². The molecule has 0 fully saturated rings. The summed E-state index contributed by atoms with van der Waals surface area (Å²) >= 11 is 0. The third-order valence-electron chi connectivity index (χ3n) is 4.43. The van der Waals surface area contributed by atoms with E-state index in [1.54, 1.807) is 26.0 Å². The van der Waals surface area contributed by atoms with Gasteiger partial charge in [0.2, 0.25) is 5.91 Å². The molecule has 0 aliphatic rings. The Morgan fingerprint density at radius 1 is 1.21 bits per heavy atom. The number of aromatic amines is 1. The van der Waals surface area contributed by atoms with Crippen LogP contribution in [-0.2, 0) is 16.8 Å². The summed E-state index contributed by atoms with van der Waals surface area (Å²) in [4.78, 5) is 46.0. The number of aryl methyl sites for hydroxylation is 1. The predicted molar refractivity (Wildman–Crippen MR) is 108 cm³/mol. The molecule has 0 radical (unpaired) electrons. The highest BCUT2D eigenvalue weighted by Gasteiger charge is 2.25. The van der Waals surface area contributed by atoms with Crippen molar-refractivity contribution in [2.75, 3.05) is 13.1 Å². The minimum absolute atomic E-state index is 0.0637. The first-order valence-electron chi connectivity index (χ1n) is 9.44. The van der Waals surface area contributed by atoms with Gasteiger partial charge in [-0.25, -0.2) is 9.37 Å². The maximum atomic E-state index is 12.9. The highest BCUT2D eigenvalue weighted by Crippen LogP contribution is 2.17. The summed E-state index contributed by atoms with van der Waals surface area (Å²) in [5.74, 6) is -0.778. The van der Waals surface area contributed by atoms with Crippen LogP contribution >= 0.6 is 0 Å². The Morgan fingerprint density at radius 2 is 1.83 bits per heavy atom. The molecule has 2 amide bonds. The van der Waals surface area contributed by atoms with Gasteiger partial charge in [-0.2, -0.15) is 0 Å². The van der Waals surface area contributed by atoms with Gasteiger partial charge in [0, 0.05) is 18.5 Å². The molecule has 0 bridgehead atoms. The van der Waals surface area contributed by atoms with Crippen molar-refractivity contribution in [3.63, 3.8) is 0 Å². The van der Waals surface area contributed by atoms with Crippen LogP contribution in [0.4, 0.5) is 4.39 Å². The van der Waals surface area contributed by atoms with Crippen molar-refractivity contribution in [3.8, 4) is 0 Å². The third-order valence-corrected chi connectivity index (χ3v) is 4.43. The van der Waals surface area contributed by atoms with E-state index in [-0.39, 0.29) is 42.3 Å². The molecule has 0 saturated heterocycles. The van der Waals surface area contributed by atoms with Gasteiger partial charge in [0.25, 0.3) is 11.5 Å². The molecule has 2 aromatic rings. The summed E-state index contributed by atoms with van der Waals surface area (Å²) in [7, 11) is 0. The average Bonchev–Trinajstić information content (AvgIpc) is 2.64. The van der Waals surface area contributed by atoms with Gasteiger partial charge in [0.1, 0.15) is 17.2 Å². The van der Waals surface area contributed by atoms with Crippen molar-refractivity contribution < 1.29 is 14.0 Å². The van der Waals surface area contributed by atoms with E-state index < -0.39 is 11.5 Å². The molecular formula is C21H27FN4O3. The first-order chi connectivity index (χ1) is 13.5. The van der Waals surface area contributed by atoms with E-state index in [4.69, 9.17) is 0 Å². The van der Waals surface area contributed by atoms with Crippen LogP contribution in [0.2, 0.25) is 0 Å². The predicted octanol–water partition coefficient (Wildman–Crippen LogP) is 2.29. The van der Waals surface area contributed by atoms with Crippen LogP contribution in [0.25, 0.3) is 0 Å². The molecule has 0 spiro atoms. The molecule has 0 aliphatic heterocycles. The number of carbonyl (C=O) groups excluding carboxylic acids is 2. The van der Waals surface area contributed by atoms with E-state index in [0.717, 1.165) is 5.56 Å². The molecule has 156 valence electrons. The lowest BCUT2D eigenvalue weighted by Crippen LogP contribution is -2.43. The van der Waals surface area contributed by atoms with Crippen LogP contribution in [0.15, 0.2) is 29.1 Å². The number of nitrogens with zero attached hydrogens (tertiary/aromatic N) is 2. The summed E-state index contributed by atoms with van der Waals surface area (Å²) in [5.41, 5.74) is 0.122. The monoisotopic (exact) mass is 402 g/mol. The topological polar surface area (TPSA) is 95.2 Å². The highest BCUT2D eigenvalue weighted by atomic mass is 19.1. The van der Waals surface area contributed by atoms with Gasteiger partial charge in [0.15, 0.2) is 0 Å². The van der Waals surface area contributed by atoms with Gasteiger partial charge in [-0.1, -0.05) is 32.9 Å². The molecule has 1 aromatic heterocycles. The average molecular weight is 402 g/mol. The zero-order chi connectivity index (χ0) is 21.8. The van der Waals surface area contributed by atoms with E-state index in [9.17, 15) is 18.8 Å². The Morgan fingerprint density at radius 3 is 2.34 bits per heavy atom. The zero-order valence-electron chi connectivity index (χ0n) is 17.4. The SMILES string of the molecule is CCN(CC(=O)NCc1ccc(F)cc1)C(=O)c1c(C)nc(C(C)(C)C)[nH]c1=O. The second-order valence-electron chi connectivity index (χ2n) is 7.85. The van der Waals surface area contributed by atoms with Crippen LogP contribution in [0.3, 0.4) is 0 Å². The number of carbonyl (C=O) groups is 2. The van der Waals surface area contributed by atoms with Gasteiger partial charge in [-0.15, -0.1) is 0 Å². The normalized spacial score (nSPS) is 11.2. The molecule has 0 aliphatic carbocycles. The number of amides is 2. The first-order valence-corrected chi connectivity index (χ1v) is 9.44. The van der Waals surface area contributed by atoms with Crippen LogP contribution in [0.5, 0.6) is 0 Å². The molecule has 0 saturated carbocycles. The Kier molecular flexibility index (Phi) is 6.89. The number of rotatable bonds is 6. The standard InChI is InChI=1S/C21H27FN4O3/c1-6-26(12-16(27)23-11-14-7-9-15(22)10-8-14)19(29)17-13(2)24-20(21(3,4)5)25-18(17)28/h7-10H,6,11-12H2,1-5H3,(H,23,27)(H,24,25,28). The number of nitrogens with one attached hydrogen (secondary N) is 2. The second-order valence-corrected chi connectivity index (χ2v) is 7.85. The molecular weight excluding hydrogens is 375 g/mol. The van der Waals surface area contributed by atoms with Crippen molar-refractivity contribution in [3.05, 3.63) is 63.1 Å². The van der Waals surface area contributed by atoms with Crippen LogP contribution in [0, 0.1) is 12.7 Å². The van der Waals surface area contributed by atoms with Gasteiger partial charge < -0.3 is 15.2 Å². The zero-order valence-corrected chi connectivity index (χ0v) is 17.4. The van der Waals surface area contributed by atoms with Gasteiger partial charge in [-0.05, 0) is 31.5 Å². The Hall–Kier alpha value is -3.03. The van der Waals surface area contributed by atoms with Crippen molar-refractivity contribution in [1.29, 1.82) is 0 Å². The van der Waals surface area contributed by atoms with E-state index in [0.29, 0.717) is 11.5 Å². The fraction of sp³-hybridized carbons (Fsp3) is 0.429. The largest absolute Gasteiger partial charge is 0.350 e. The molecule has 1 heterocycles. The fourth-order valence-corrected chi connectivity index (χ4v) is 2.71. The molecule has 2 N–H and O–H groups in total. The molecule has 1 aromatic carbocycles. The summed E-state index contributed by atoms with van der Waals surface area (Å²) in [6.07, 6.45) is 0. The minimum atomic E-state index is -0.545. The molecule has 0 unspecified atom stereocenters. The Labute approximate surface area is 169 Å². The fourth-order valence-electron chi connectivity index (χ4n) is 2.71. The van der Waals surface area contributed by atoms with Gasteiger partial charge in [0.05, 0.1) is 12.2 Å². The lowest BCUT2D eigenvalue weighted by Gasteiger charge is -2.22. The Balaban J connectivity index is 2.11. The van der Waals surface area contributed by atoms with Crippen LogP contribution in [0.1, 0.15) is 55.1 Å². The number of benzene rings is 1. The summed E-state index contributed by atoms with van der Waals surface area (Å²) < 4.78 is 12.9. The summed E-state index contributed by atoms with van der Waals surface area (Å²) in [6.45, 7) is 9.35. The van der Waals surface area contributed by atoms with E-state index in [2.05, 4.69) is 15.3 Å². The molecule has 29 heavy (non-hydrogen) atoms. The summed E-state index contributed by atoms with van der Waals surface area (Å²) in [5, 5.41) is 2.69. The molecule has 8 heteroatoms.